The molecule has 1 heterocycles. The molecule has 0 aliphatic carbocycles. The van der Waals surface area contributed by atoms with Crippen molar-refractivity contribution in [2.75, 3.05) is 5.75 Å². The molecule has 0 saturated carbocycles. The second-order valence-corrected chi connectivity index (χ2v) is 6.30. The first-order chi connectivity index (χ1) is 7.55. The van der Waals surface area contributed by atoms with E-state index in [-0.39, 0.29) is 0 Å². The topological polar surface area (TPSA) is 28.7 Å². The highest BCUT2D eigenvalue weighted by molar-refractivity contribution is 7.98. The largest absolute Gasteiger partial charge is 0.348 e. The summed E-state index contributed by atoms with van der Waals surface area (Å²) in [6.45, 7) is 9.10. The number of rotatable bonds is 7. The minimum absolute atomic E-state index is 0.502. The lowest BCUT2D eigenvalue weighted by Crippen LogP contribution is -2.11. The molecule has 0 saturated heterocycles. The van der Waals surface area contributed by atoms with Gasteiger partial charge in [-0.2, -0.15) is 11.8 Å². The summed E-state index contributed by atoms with van der Waals surface area (Å²) in [6, 6.07) is 0. The maximum Gasteiger partial charge on any atom is 0.0925 e. The van der Waals surface area contributed by atoms with Crippen molar-refractivity contribution in [1.29, 1.82) is 0 Å². The summed E-state index contributed by atoms with van der Waals surface area (Å²) < 4.78 is 0. The Kier molecular flexibility index (Phi) is 5.39. The average Bonchev–Trinajstić information content (AvgIpc) is 2.59. The highest BCUT2D eigenvalue weighted by atomic mass is 32.2. The van der Waals surface area contributed by atoms with Gasteiger partial charge in [0.05, 0.1) is 12.0 Å². The Hall–Kier alpha value is -0.440. The third kappa shape index (κ3) is 4.60. The highest BCUT2D eigenvalue weighted by Crippen LogP contribution is 2.28. The number of imidazole rings is 1. The van der Waals surface area contributed by atoms with Crippen LogP contribution in [0.1, 0.15) is 51.4 Å². The Bertz CT molecular complexity index is 305. The molecule has 3 heteroatoms. The van der Waals surface area contributed by atoms with E-state index in [4.69, 9.17) is 0 Å². The maximum atomic E-state index is 4.31. The summed E-state index contributed by atoms with van der Waals surface area (Å²) in [5.74, 6) is 2.27. The van der Waals surface area contributed by atoms with E-state index in [9.17, 15) is 0 Å². The fourth-order valence-electron chi connectivity index (χ4n) is 1.85. The Morgan fingerprint density at radius 3 is 2.69 bits per heavy atom. The quantitative estimate of drug-likeness (QED) is 0.725. The Morgan fingerprint density at radius 1 is 1.38 bits per heavy atom. The molecule has 16 heavy (non-hydrogen) atoms. The van der Waals surface area contributed by atoms with Crippen LogP contribution in [0.5, 0.6) is 0 Å². The number of hydrogen-bond donors (Lipinski definition) is 1. The average molecular weight is 240 g/mol. The normalized spacial score (nSPS) is 12.0. The van der Waals surface area contributed by atoms with Crippen molar-refractivity contribution >= 4 is 11.8 Å². The van der Waals surface area contributed by atoms with Crippen LogP contribution >= 0.6 is 11.8 Å². The van der Waals surface area contributed by atoms with Crippen LogP contribution in [-0.2, 0) is 5.75 Å². The minimum atomic E-state index is 0.502. The van der Waals surface area contributed by atoms with E-state index in [1.807, 2.05) is 11.8 Å². The molecule has 1 aromatic rings. The number of aromatic nitrogens is 2. The van der Waals surface area contributed by atoms with E-state index < -0.39 is 0 Å². The van der Waals surface area contributed by atoms with Gasteiger partial charge >= 0.3 is 0 Å². The van der Waals surface area contributed by atoms with E-state index in [0.29, 0.717) is 5.41 Å². The van der Waals surface area contributed by atoms with Gasteiger partial charge in [0.15, 0.2) is 0 Å². The fourth-order valence-corrected chi connectivity index (χ4v) is 3.18. The molecule has 1 rings (SSSR count). The summed E-state index contributed by atoms with van der Waals surface area (Å²) in [5.41, 5.74) is 2.92. The van der Waals surface area contributed by atoms with E-state index in [1.165, 1.54) is 36.4 Å². The number of nitrogens with one attached hydrogen (secondary N) is 1. The molecule has 0 fully saturated rings. The van der Waals surface area contributed by atoms with Crippen molar-refractivity contribution in [1.82, 2.24) is 9.97 Å². The summed E-state index contributed by atoms with van der Waals surface area (Å²) in [5, 5.41) is 0. The van der Waals surface area contributed by atoms with Gasteiger partial charge in [-0.1, -0.05) is 27.2 Å². The van der Waals surface area contributed by atoms with E-state index in [2.05, 4.69) is 37.7 Å². The number of H-pyrrole nitrogens is 1. The fraction of sp³-hybridized carbons (Fsp3) is 0.769. The summed E-state index contributed by atoms with van der Waals surface area (Å²) in [6.07, 6.45) is 5.70. The van der Waals surface area contributed by atoms with Crippen molar-refractivity contribution in [3.05, 3.63) is 17.7 Å². The lowest BCUT2D eigenvalue weighted by atomic mass is 9.85. The molecule has 0 spiro atoms. The first-order valence-corrected chi connectivity index (χ1v) is 7.27. The number of aromatic amines is 1. The van der Waals surface area contributed by atoms with Gasteiger partial charge in [-0.15, -0.1) is 0 Å². The van der Waals surface area contributed by atoms with Gasteiger partial charge < -0.3 is 4.98 Å². The molecule has 1 aromatic heterocycles. The van der Waals surface area contributed by atoms with Crippen LogP contribution in [-0.4, -0.2) is 15.7 Å². The van der Waals surface area contributed by atoms with Crippen LogP contribution in [0.2, 0.25) is 0 Å². The molecule has 0 aliphatic rings. The second kappa shape index (κ2) is 6.33. The van der Waals surface area contributed by atoms with Gasteiger partial charge in [-0.05, 0) is 30.9 Å². The summed E-state index contributed by atoms with van der Waals surface area (Å²) >= 11 is 2.00. The summed E-state index contributed by atoms with van der Waals surface area (Å²) in [7, 11) is 0. The zero-order valence-electron chi connectivity index (χ0n) is 11.0. The summed E-state index contributed by atoms with van der Waals surface area (Å²) in [4.78, 5) is 7.43. The number of nitrogens with zero attached hydrogens (tertiary/aromatic N) is 1. The van der Waals surface area contributed by atoms with Gasteiger partial charge in [0, 0.05) is 11.4 Å². The van der Waals surface area contributed by atoms with Gasteiger partial charge in [-0.25, -0.2) is 4.98 Å². The van der Waals surface area contributed by atoms with E-state index in [1.54, 1.807) is 6.33 Å². The Morgan fingerprint density at radius 2 is 2.12 bits per heavy atom. The standard InChI is InChI=1S/C13H24N2S/c1-5-6-13(3,4)7-8-16-9-12-11(2)14-10-15-12/h10H,5-9H2,1-4H3,(H,14,15). The predicted octanol–water partition coefficient (Wildman–Crippen LogP) is 4.17. The van der Waals surface area contributed by atoms with E-state index in [0.717, 1.165) is 5.75 Å². The van der Waals surface area contributed by atoms with Gasteiger partial charge in [0.25, 0.3) is 0 Å². The first-order valence-electron chi connectivity index (χ1n) is 6.12. The molecule has 0 amide bonds. The zero-order valence-corrected chi connectivity index (χ0v) is 11.8. The third-order valence-corrected chi connectivity index (χ3v) is 3.99. The van der Waals surface area contributed by atoms with Crippen LogP contribution in [0.25, 0.3) is 0 Å². The second-order valence-electron chi connectivity index (χ2n) is 5.19. The lowest BCUT2D eigenvalue weighted by Gasteiger charge is -2.23. The maximum absolute atomic E-state index is 4.31. The van der Waals surface area contributed by atoms with Crippen LogP contribution in [0.15, 0.2) is 6.33 Å². The van der Waals surface area contributed by atoms with Crippen molar-refractivity contribution in [3.8, 4) is 0 Å². The Labute approximate surface area is 104 Å². The van der Waals surface area contributed by atoms with Gasteiger partial charge in [-0.3, -0.25) is 0 Å². The van der Waals surface area contributed by atoms with Crippen LogP contribution in [0.3, 0.4) is 0 Å². The number of thioether (sulfide) groups is 1. The lowest BCUT2D eigenvalue weighted by molar-refractivity contribution is 0.321. The first kappa shape index (κ1) is 13.6. The molecule has 0 aliphatic heterocycles. The van der Waals surface area contributed by atoms with Crippen LogP contribution in [0, 0.1) is 12.3 Å². The SMILES string of the molecule is CCCC(C)(C)CCSCc1nc[nH]c1C. The third-order valence-electron chi connectivity index (χ3n) is 3.02. The Balaban J connectivity index is 2.19. The molecule has 0 radical (unpaired) electrons. The van der Waals surface area contributed by atoms with Gasteiger partial charge in [0.1, 0.15) is 0 Å². The smallest absolute Gasteiger partial charge is 0.0925 e. The molecule has 1 N–H and O–H groups in total. The van der Waals surface area contributed by atoms with Crippen molar-refractivity contribution in [3.63, 3.8) is 0 Å². The zero-order chi connectivity index (χ0) is 12.0. The minimum Gasteiger partial charge on any atom is -0.348 e. The van der Waals surface area contributed by atoms with E-state index >= 15 is 0 Å². The number of hydrogen-bond acceptors (Lipinski definition) is 2. The molecular formula is C13H24N2S. The highest BCUT2D eigenvalue weighted by Gasteiger charge is 2.15. The number of aryl methyl sites for hydroxylation is 1. The molecule has 92 valence electrons. The molecule has 0 bridgehead atoms. The molecular weight excluding hydrogens is 216 g/mol. The molecule has 2 nitrogen and oxygen atoms in total. The van der Waals surface area contributed by atoms with Crippen LogP contribution < -0.4 is 0 Å². The van der Waals surface area contributed by atoms with Crippen LogP contribution in [0.4, 0.5) is 0 Å². The molecule has 0 atom stereocenters. The van der Waals surface area contributed by atoms with Crippen molar-refractivity contribution < 1.29 is 0 Å². The molecule has 0 aromatic carbocycles. The monoisotopic (exact) mass is 240 g/mol. The predicted molar refractivity (Wildman–Crippen MR) is 72.8 cm³/mol. The molecule has 0 unspecified atom stereocenters. The van der Waals surface area contributed by atoms with Gasteiger partial charge in [0.2, 0.25) is 0 Å². The van der Waals surface area contributed by atoms with Crippen molar-refractivity contribution in [2.45, 2.75) is 52.7 Å². The van der Waals surface area contributed by atoms with Crippen molar-refractivity contribution in [2.24, 2.45) is 5.41 Å².